The highest BCUT2D eigenvalue weighted by Crippen LogP contribution is 2.25. The van der Waals surface area contributed by atoms with Gasteiger partial charge in [-0.15, -0.1) is 0 Å². The van der Waals surface area contributed by atoms with Gasteiger partial charge in [-0.05, 0) is 40.2 Å². The van der Waals surface area contributed by atoms with E-state index in [4.69, 9.17) is 4.42 Å². The van der Waals surface area contributed by atoms with E-state index in [1.54, 1.807) is 36.4 Å². The third kappa shape index (κ3) is 2.14. The second kappa shape index (κ2) is 5.03. The van der Waals surface area contributed by atoms with Crippen molar-refractivity contribution in [2.75, 3.05) is 0 Å². The summed E-state index contributed by atoms with van der Waals surface area (Å²) in [4.78, 5) is 24.6. The highest BCUT2D eigenvalue weighted by Gasteiger charge is 2.14. The molecular formula is C14H7Br2NO3. The maximum absolute atomic E-state index is 12.5. The lowest BCUT2D eigenvalue weighted by atomic mass is 10.2. The van der Waals surface area contributed by atoms with Gasteiger partial charge < -0.3 is 4.42 Å². The molecule has 0 unspecified atom stereocenters. The Labute approximate surface area is 129 Å². The van der Waals surface area contributed by atoms with E-state index in [9.17, 15) is 9.59 Å². The molecule has 0 aliphatic rings. The molecule has 0 amide bonds. The number of rotatable bonds is 1. The van der Waals surface area contributed by atoms with Crippen molar-refractivity contribution in [3.8, 4) is 5.69 Å². The lowest BCUT2D eigenvalue weighted by molar-refractivity contribution is 0.502. The van der Waals surface area contributed by atoms with Crippen LogP contribution in [0.15, 0.2) is 65.4 Å². The zero-order valence-electron chi connectivity index (χ0n) is 9.97. The Morgan fingerprint density at radius 3 is 2.40 bits per heavy atom. The predicted octanol–water partition coefficient (Wildman–Crippen LogP) is 3.47. The highest BCUT2D eigenvalue weighted by atomic mass is 79.9. The summed E-state index contributed by atoms with van der Waals surface area (Å²) in [6.45, 7) is 0. The van der Waals surface area contributed by atoms with E-state index in [0.29, 0.717) is 15.5 Å². The van der Waals surface area contributed by atoms with Gasteiger partial charge in [-0.3, -0.25) is 4.79 Å². The van der Waals surface area contributed by atoms with Crippen molar-refractivity contribution >= 4 is 42.8 Å². The summed E-state index contributed by atoms with van der Waals surface area (Å²) in [5.41, 5.74) is 0.309. The molecule has 3 aromatic rings. The molecule has 20 heavy (non-hydrogen) atoms. The van der Waals surface area contributed by atoms with Crippen LogP contribution in [0.4, 0.5) is 0 Å². The smallest absolute Gasteiger partial charge is 0.408 e. The Kier molecular flexibility index (Phi) is 3.35. The molecule has 0 spiro atoms. The van der Waals surface area contributed by atoms with E-state index < -0.39 is 11.3 Å². The summed E-state index contributed by atoms with van der Waals surface area (Å²) in [6.07, 6.45) is 0. The fourth-order valence-corrected chi connectivity index (χ4v) is 3.27. The molecule has 0 fully saturated rings. The van der Waals surface area contributed by atoms with Gasteiger partial charge in [-0.25, -0.2) is 9.36 Å². The summed E-state index contributed by atoms with van der Waals surface area (Å²) < 4.78 is 7.55. The van der Waals surface area contributed by atoms with E-state index in [-0.39, 0.29) is 5.58 Å². The van der Waals surface area contributed by atoms with Crippen molar-refractivity contribution in [2.24, 2.45) is 0 Å². The second-order valence-corrected chi connectivity index (χ2v) is 5.88. The molecule has 0 saturated heterocycles. The Bertz CT molecular complexity index is 913. The predicted molar refractivity (Wildman–Crippen MR) is 83.5 cm³/mol. The number of para-hydroxylation sites is 1. The van der Waals surface area contributed by atoms with Gasteiger partial charge in [0.2, 0.25) is 0 Å². The molecular weight excluding hydrogens is 390 g/mol. The molecule has 100 valence electrons. The van der Waals surface area contributed by atoms with Crippen molar-refractivity contribution in [3.05, 3.63) is 72.3 Å². The summed E-state index contributed by atoms with van der Waals surface area (Å²) in [5, 5.41) is 0.328. The van der Waals surface area contributed by atoms with E-state index >= 15 is 0 Å². The number of benzene rings is 2. The number of hydrogen-bond acceptors (Lipinski definition) is 3. The molecule has 0 N–H and O–H groups in total. The molecule has 1 heterocycles. The summed E-state index contributed by atoms with van der Waals surface area (Å²) in [5.74, 6) is -0.711. The standard InChI is InChI=1S/C14H7Br2NO3/c15-8-6-10-12(11(16)7-8)20-14(19)17(13(10)18)9-4-2-1-3-5-9/h1-7H. The monoisotopic (exact) mass is 395 g/mol. The molecule has 2 aromatic carbocycles. The van der Waals surface area contributed by atoms with Crippen LogP contribution in [0.5, 0.6) is 0 Å². The number of halogens is 2. The number of fused-ring (bicyclic) bond motifs is 1. The Morgan fingerprint density at radius 1 is 1.00 bits per heavy atom. The normalized spacial score (nSPS) is 10.9. The fourth-order valence-electron chi connectivity index (χ4n) is 1.96. The van der Waals surface area contributed by atoms with Gasteiger partial charge in [-0.1, -0.05) is 34.1 Å². The van der Waals surface area contributed by atoms with Crippen LogP contribution in [0.25, 0.3) is 16.7 Å². The fraction of sp³-hybridized carbons (Fsp3) is 0. The van der Waals surface area contributed by atoms with Crippen LogP contribution in [-0.4, -0.2) is 4.57 Å². The molecule has 4 nitrogen and oxygen atoms in total. The first kappa shape index (κ1) is 13.3. The van der Waals surface area contributed by atoms with Gasteiger partial charge in [-0.2, -0.15) is 0 Å². The number of aromatic nitrogens is 1. The zero-order valence-corrected chi connectivity index (χ0v) is 13.1. The number of hydrogen-bond donors (Lipinski definition) is 0. The minimum atomic E-state index is -0.711. The minimum Gasteiger partial charge on any atom is -0.408 e. The third-order valence-electron chi connectivity index (χ3n) is 2.83. The van der Waals surface area contributed by atoms with Crippen molar-refractivity contribution in [1.29, 1.82) is 0 Å². The minimum absolute atomic E-state index is 0.246. The van der Waals surface area contributed by atoms with Crippen LogP contribution in [-0.2, 0) is 0 Å². The first-order chi connectivity index (χ1) is 9.58. The zero-order chi connectivity index (χ0) is 14.3. The van der Waals surface area contributed by atoms with Gasteiger partial charge in [0.15, 0.2) is 5.58 Å². The van der Waals surface area contributed by atoms with Crippen LogP contribution in [0, 0.1) is 0 Å². The molecule has 3 rings (SSSR count). The average Bonchev–Trinajstić information content (AvgIpc) is 2.42. The molecule has 0 saturated carbocycles. The summed E-state index contributed by atoms with van der Waals surface area (Å²) in [6, 6.07) is 12.0. The van der Waals surface area contributed by atoms with Crippen LogP contribution in [0.3, 0.4) is 0 Å². The van der Waals surface area contributed by atoms with Crippen molar-refractivity contribution in [2.45, 2.75) is 0 Å². The maximum atomic E-state index is 12.5. The molecule has 0 aliphatic carbocycles. The SMILES string of the molecule is O=c1oc2c(Br)cc(Br)cc2c(=O)n1-c1ccccc1. The summed E-state index contributed by atoms with van der Waals surface area (Å²) in [7, 11) is 0. The third-order valence-corrected chi connectivity index (χ3v) is 3.88. The summed E-state index contributed by atoms with van der Waals surface area (Å²) >= 11 is 6.60. The number of nitrogens with zero attached hydrogens (tertiary/aromatic N) is 1. The van der Waals surface area contributed by atoms with Crippen molar-refractivity contribution in [3.63, 3.8) is 0 Å². The lowest BCUT2D eigenvalue weighted by Gasteiger charge is -2.06. The van der Waals surface area contributed by atoms with E-state index in [0.717, 1.165) is 9.04 Å². The first-order valence-corrected chi connectivity index (χ1v) is 7.27. The topological polar surface area (TPSA) is 52.2 Å². The maximum Gasteiger partial charge on any atom is 0.427 e. The van der Waals surface area contributed by atoms with Gasteiger partial charge in [0, 0.05) is 4.47 Å². The second-order valence-electron chi connectivity index (χ2n) is 4.11. The molecule has 6 heteroatoms. The Balaban J connectivity index is 2.47. The van der Waals surface area contributed by atoms with Gasteiger partial charge in [0.05, 0.1) is 15.5 Å². The van der Waals surface area contributed by atoms with Crippen LogP contribution in [0.2, 0.25) is 0 Å². The van der Waals surface area contributed by atoms with Gasteiger partial charge >= 0.3 is 5.76 Å². The van der Waals surface area contributed by atoms with Crippen molar-refractivity contribution in [1.82, 2.24) is 4.57 Å². The Hall–Kier alpha value is -1.66. The van der Waals surface area contributed by atoms with Crippen LogP contribution < -0.4 is 11.3 Å². The first-order valence-electron chi connectivity index (χ1n) is 5.68. The van der Waals surface area contributed by atoms with E-state index in [1.807, 2.05) is 6.07 Å². The van der Waals surface area contributed by atoms with E-state index in [2.05, 4.69) is 31.9 Å². The molecule has 0 atom stereocenters. The Morgan fingerprint density at radius 2 is 1.70 bits per heavy atom. The highest BCUT2D eigenvalue weighted by molar-refractivity contribution is 9.11. The lowest BCUT2D eigenvalue weighted by Crippen LogP contribution is -2.30. The van der Waals surface area contributed by atoms with Gasteiger partial charge in [0.1, 0.15) is 0 Å². The van der Waals surface area contributed by atoms with E-state index in [1.165, 1.54) is 0 Å². The van der Waals surface area contributed by atoms with Crippen molar-refractivity contribution < 1.29 is 4.42 Å². The molecule has 0 bridgehead atoms. The largest absolute Gasteiger partial charge is 0.427 e. The van der Waals surface area contributed by atoms with Crippen LogP contribution in [0.1, 0.15) is 0 Å². The molecule has 0 aliphatic heterocycles. The quantitative estimate of drug-likeness (QED) is 0.632. The van der Waals surface area contributed by atoms with Gasteiger partial charge in [0.25, 0.3) is 5.56 Å². The molecule has 1 aromatic heterocycles. The average molecular weight is 397 g/mol. The molecule has 0 radical (unpaired) electrons. The van der Waals surface area contributed by atoms with Crippen LogP contribution >= 0.6 is 31.9 Å².